The van der Waals surface area contributed by atoms with E-state index in [4.69, 9.17) is 11.6 Å². The van der Waals surface area contributed by atoms with Crippen LogP contribution < -0.4 is 4.48 Å². The van der Waals surface area contributed by atoms with Gasteiger partial charge in [0.1, 0.15) is 0 Å². The van der Waals surface area contributed by atoms with Gasteiger partial charge in [0.25, 0.3) is 0 Å². The topological polar surface area (TPSA) is 54.0 Å². The van der Waals surface area contributed by atoms with Gasteiger partial charge in [0.15, 0.2) is 0 Å². The Kier molecular flexibility index (Phi) is 5.21. The SMILES string of the molecule is N#Cc1cnc2cc(Cl)cc([AsH]CC(c3ccc(F)cn3)C(F)(F)F)n12. The van der Waals surface area contributed by atoms with E-state index in [0.29, 0.717) is 15.2 Å². The van der Waals surface area contributed by atoms with Gasteiger partial charge in [-0.3, -0.25) is 0 Å². The predicted octanol–water partition coefficient (Wildman–Crippen LogP) is 3.22. The summed E-state index contributed by atoms with van der Waals surface area (Å²) in [5, 5.41) is 9.31. The van der Waals surface area contributed by atoms with Crippen molar-refractivity contribution in [3.05, 3.63) is 58.9 Å². The van der Waals surface area contributed by atoms with Crippen molar-refractivity contribution in [3.8, 4) is 6.07 Å². The summed E-state index contributed by atoms with van der Waals surface area (Å²) < 4.78 is 55.5. The van der Waals surface area contributed by atoms with Gasteiger partial charge in [0, 0.05) is 0 Å². The normalized spacial score (nSPS) is 13.4. The number of halogens is 5. The molecule has 0 aliphatic heterocycles. The van der Waals surface area contributed by atoms with Crippen LogP contribution >= 0.6 is 11.6 Å². The van der Waals surface area contributed by atoms with Crippen molar-refractivity contribution in [2.75, 3.05) is 0 Å². The Balaban J connectivity index is 1.95. The molecule has 4 nitrogen and oxygen atoms in total. The van der Waals surface area contributed by atoms with Gasteiger partial charge in [-0.05, 0) is 0 Å². The number of fused-ring (bicyclic) bond motifs is 1. The van der Waals surface area contributed by atoms with E-state index < -0.39 is 33.7 Å². The molecule has 0 radical (unpaired) electrons. The molecule has 10 heteroatoms. The van der Waals surface area contributed by atoms with Crippen LogP contribution in [-0.2, 0) is 0 Å². The number of rotatable bonds is 4. The summed E-state index contributed by atoms with van der Waals surface area (Å²) in [6.07, 6.45) is -2.39. The van der Waals surface area contributed by atoms with Crippen molar-refractivity contribution >= 4 is 37.5 Å². The molecule has 3 aromatic rings. The average molecular weight is 445 g/mol. The van der Waals surface area contributed by atoms with Crippen LogP contribution in [0.15, 0.2) is 36.7 Å². The van der Waals surface area contributed by atoms with Crippen molar-refractivity contribution in [2.24, 2.45) is 0 Å². The Labute approximate surface area is 157 Å². The molecule has 0 bridgehead atoms. The molecule has 0 spiro atoms. The molecule has 0 N–H and O–H groups in total. The Bertz CT molecular complexity index is 979. The third-order valence-electron chi connectivity index (χ3n) is 3.68. The summed E-state index contributed by atoms with van der Waals surface area (Å²) in [6, 6.07) is 7.07. The summed E-state index contributed by atoms with van der Waals surface area (Å²) >= 11 is 4.67. The summed E-state index contributed by atoms with van der Waals surface area (Å²) in [6.45, 7) is 0. The Morgan fingerprint density at radius 1 is 1.23 bits per heavy atom. The number of alkyl halides is 3. The molecule has 3 rings (SSSR count). The number of hydrogen-bond acceptors (Lipinski definition) is 3. The van der Waals surface area contributed by atoms with Crippen LogP contribution in [0.1, 0.15) is 17.3 Å². The number of hydrogen-bond donors (Lipinski definition) is 0. The number of aromatic nitrogens is 3. The van der Waals surface area contributed by atoms with E-state index in [2.05, 4.69) is 9.97 Å². The molecule has 134 valence electrons. The first kappa shape index (κ1) is 18.7. The van der Waals surface area contributed by atoms with Crippen LogP contribution in [0.25, 0.3) is 5.65 Å². The molecule has 0 aliphatic carbocycles. The van der Waals surface area contributed by atoms with Crippen LogP contribution in [0, 0.1) is 17.1 Å². The molecule has 0 saturated carbocycles. The van der Waals surface area contributed by atoms with Gasteiger partial charge in [-0.1, -0.05) is 0 Å². The molecule has 3 aromatic heterocycles. The van der Waals surface area contributed by atoms with E-state index in [1.54, 1.807) is 12.1 Å². The van der Waals surface area contributed by atoms with E-state index in [9.17, 15) is 22.8 Å². The maximum absolute atomic E-state index is 13.5. The molecule has 0 fully saturated rings. The molecular formula is C16H10AsClF4N4. The molecule has 0 aliphatic rings. The van der Waals surface area contributed by atoms with E-state index in [1.807, 2.05) is 6.07 Å². The van der Waals surface area contributed by atoms with Gasteiger partial charge in [0.05, 0.1) is 0 Å². The van der Waals surface area contributed by atoms with E-state index in [0.717, 1.165) is 18.3 Å². The number of nitriles is 1. The first-order valence-corrected chi connectivity index (χ1v) is 10.2. The fourth-order valence-corrected chi connectivity index (χ4v) is 6.03. The summed E-state index contributed by atoms with van der Waals surface area (Å²) in [5.74, 6) is -2.51. The minimum atomic E-state index is -4.51. The monoisotopic (exact) mass is 444 g/mol. The number of imidazole rings is 1. The van der Waals surface area contributed by atoms with Crippen molar-refractivity contribution in [1.29, 1.82) is 5.26 Å². The standard InChI is InChI=1S/C16H10AsClF4N4/c18-9-3-14(26-11(6-23)8-25-15(26)4-9)17-5-12(16(20,21)22)13-2-1-10(19)7-24-13/h1-4,7-8,12,17H,5H2. The number of pyridine rings is 2. The number of nitrogens with zero attached hydrogens (tertiary/aromatic N) is 4. The molecule has 0 saturated heterocycles. The zero-order valence-electron chi connectivity index (χ0n) is 12.9. The van der Waals surface area contributed by atoms with E-state index in [-0.39, 0.29) is 16.6 Å². The maximum atomic E-state index is 13.5. The van der Waals surface area contributed by atoms with E-state index in [1.165, 1.54) is 10.6 Å². The van der Waals surface area contributed by atoms with Gasteiger partial charge in [-0.15, -0.1) is 0 Å². The second-order valence-electron chi connectivity index (χ2n) is 5.38. The average Bonchev–Trinajstić information content (AvgIpc) is 2.98. The Hall–Kier alpha value is -2.10. The van der Waals surface area contributed by atoms with Crippen LogP contribution in [-0.4, -0.2) is 36.3 Å². The van der Waals surface area contributed by atoms with Crippen LogP contribution in [0.4, 0.5) is 17.6 Å². The molecule has 3 heterocycles. The second-order valence-corrected chi connectivity index (χ2v) is 8.49. The van der Waals surface area contributed by atoms with Gasteiger partial charge in [0.2, 0.25) is 0 Å². The van der Waals surface area contributed by atoms with Gasteiger partial charge < -0.3 is 0 Å². The van der Waals surface area contributed by atoms with Crippen molar-refractivity contribution in [2.45, 2.75) is 17.3 Å². The quantitative estimate of drug-likeness (QED) is 0.459. The minimum absolute atomic E-state index is 0.208. The van der Waals surface area contributed by atoms with Crippen molar-refractivity contribution in [1.82, 2.24) is 14.4 Å². The summed E-state index contributed by atoms with van der Waals surface area (Å²) in [5.41, 5.74) is 0.419. The zero-order valence-corrected chi connectivity index (χ0v) is 15.8. The van der Waals surface area contributed by atoms with E-state index >= 15 is 0 Å². The van der Waals surface area contributed by atoms with Gasteiger partial charge >= 0.3 is 157 Å². The molecule has 2 atom stereocenters. The molecular weight excluding hydrogens is 435 g/mol. The third-order valence-corrected chi connectivity index (χ3v) is 6.71. The third kappa shape index (κ3) is 3.84. The predicted molar refractivity (Wildman–Crippen MR) is 89.5 cm³/mol. The Morgan fingerprint density at radius 2 is 2.00 bits per heavy atom. The molecule has 0 amide bonds. The van der Waals surface area contributed by atoms with Gasteiger partial charge in [-0.25, -0.2) is 0 Å². The second kappa shape index (κ2) is 7.26. The fourth-order valence-electron chi connectivity index (χ4n) is 2.48. The molecule has 26 heavy (non-hydrogen) atoms. The van der Waals surface area contributed by atoms with Crippen LogP contribution in [0.2, 0.25) is 10.2 Å². The summed E-state index contributed by atoms with van der Waals surface area (Å²) in [4.78, 5) is 7.64. The Morgan fingerprint density at radius 3 is 2.62 bits per heavy atom. The van der Waals surface area contributed by atoms with Crippen LogP contribution in [0.5, 0.6) is 0 Å². The summed E-state index contributed by atoms with van der Waals surface area (Å²) in [7, 11) is 0. The first-order valence-electron chi connectivity index (χ1n) is 7.28. The van der Waals surface area contributed by atoms with Crippen LogP contribution in [0.3, 0.4) is 0 Å². The molecule has 0 aromatic carbocycles. The fraction of sp³-hybridized carbons (Fsp3) is 0.188. The zero-order chi connectivity index (χ0) is 18.9. The molecule has 2 unspecified atom stereocenters. The van der Waals surface area contributed by atoms with Crippen molar-refractivity contribution in [3.63, 3.8) is 0 Å². The first-order chi connectivity index (χ1) is 12.3. The van der Waals surface area contributed by atoms with Crippen molar-refractivity contribution < 1.29 is 17.6 Å². The van der Waals surface area contributed by atoms with Gasteiger partial charge in [-0.2, -0.15) is 0 Å².